The molecule has 14 heavy (non-hydrogen) atoms. The van der Waals surface area contributed by atoms with Gasteiger partial charge in [-0.2, -0.15) is 0 Å². The predicted molar refractivity (Wildman–Crippen MR) is 51.4 cm³/mol. The molecule has 76 valence electrons. The van der Waals surface area contributed by atoms with Gasteiger partial charge in [0.1, 0.15) is 0 Å². The normalized spacial score (nSPS) is 18.6. The van der Waals surface area contributed by atoms with Crippen LogP contribution in [0.25, 0.3) is 0 Å². The number of hydrogen-bond donors (Lipinski definition) is 3. The highest BCUT2D eigenvalue weighted by molar-refractivity contribution is 5.34. The Morgan fingerprint density at radius 2 is 2.14 bits per heavy atom. The van der Waals surface area contributed by atoms with Gasteiger partial charge in [0.2, 0.25) is 5.82 Å². The number of hydrogen-bond acceptors (Lipinski definition) is 4. The van der Waals surface area contributed by atoms with Gasteiger partial charge in [0.25, 0.3) is 5.56 Å². The molecule has 0 unspecified atom stereocenters. The zero-order chi connectivity index (χ0) is 10.2. The fraction of sp³-hybridized carbons (Fsp3) is 0.625. The van der Waals surface area contributed by atoms with Crippen LogP contribution in [0.2, 0.25) is 0 Å². The summed E-state index contributed by atoms with van der Waals surface area (Å²) in [6, 6.07) is 0. The molecule has 6 nitrogen and oxygen atoms in total. The summed E-state index contributed by atoms with van der Waals surface area (Å²) in [5.41, 5.74) is -1.10. The third-order valence-corrected chi connectivity index (χ3v) is 2.59. The highest BCUT2D eigenvalue weighted by Gasteiger charge is 2.32. The first-order valence-corrected chi connectivity index (χ1v) is 4.56. The van der Waals surface area contributed by atoms with Crippen molar-refractivity contribution in [3.05, 3.63) is 20.8 Å². The first-order chi connectivity index (χ1) is 6.59. The Hall–Kier alpha value is -1.59. The highest BCUT2D eigenvalue weighted by atomic mass is 16.2. The van der Waals surface area contributed by atoms with Crippen LogP contribution in [0.4, 0.5) is 5.82 Å². The van der Waals surface area contributed by atoms with E-state index in [1.165, 1.54) is 0 Å². The number of aromatic amines is 2. The number of aromatic nitrogens is 3. The first kappa shape index (κ1) is 8.98. The number of H-pyrrole nitrogens is 2. The lowest BCUT2D eigenvalue weighted by Crippen LogP contribution is -2.44. The zero-order valence-electron chi connectivity index (χ0n) is 7.89. The van der Waals surface area contributed by atoms with Crippen molar-refractivity contribution >= 4 is 5.82 Å². The lowest BCUT2D eigenvalue weighted by Gasteiger charge is -2.39. The summed E-state index contributed by atoms with van der Waals surface area (Å²) in [4.78, 5) is 24.1. The van der Waals surface area contributed by atoms with Crippen molar-refractivity contribution in [1.29, 1.82) is 0 Å². The minimum atomic E-state index is -0.584. The van der Waals surface area contributed by atoms with Crippen LogP contribution in [0.3, 0.4) is 0 Å². The topological polar surface area (TPSA) is 90.6 Å². The molecule has 0 spiro atoms. The standard InChI is InChI=1S/C8H12N4O2/c1-8(3-2-4-8)10-5-6(13)9-7(14)12-11-5/h2-4H2,1H3,(H,10,11)(H2,9,12,13,14). The summed E-state index contributed by atoms with van der Waals surface area (Å²) in [6.07, 6.45) is 3.20. The molecule has 1 aromatic heterocycles. The van der Waals surface area contributed by atoms with E-state index >= 15 is 0 Å². The fourth-order valence-corrected chi connectivity index (χ4v) is 1.55. The first-order valence-electron chi connectivity index (χ1n) is 4.56. The van der Waals surface area contributed by atoms with E-state index < -0.39 is 11.2 Å². The Morgan fingerprint density at radius 1 is 1.43 bits per heavy atom. The van der Waals surface area contributed by atoms with Gasteiger partial charge < -0.3 is 5.32 Å². The van der Waals surface area contributed by atoms with Gasteiger partial charge in [0.05, 0.1) is 0 Å². The third kappa shape index (κ3) is 1.55. The quantitative estimate of drug-likeness (QED) is 0.611. The minimum Gasteiger partial charge on any atom is -0.359 e. The molecule has 0 saturated heterocycles. The van der Waals surface area contributed by atoms with E-state index in [9.17, 15) is 9.59 Å². The van der Waals surface area contributed by atoms with Gasteiger partial charge in [-0.05, 0) is 26.2 Å². The van der Waals surface area contributed by atoms with Crippen molar-refractivity contribution in [1.82, 2.24) is 15.2 Å². The summed E-state index contributed by atoms with van der Waals surface area (Å²) >= 11 is 0. The van der Waals surface area contributed by atoms with Crippen LogP contribution >= 0.6 is 0 Å². The molecule has 3 N–H and O–H groups in total. The summed E-state index contributed by atoms with van der Waals surface area (Å²) in [7, 11) is 0. The van der Waals surface area contributed by atoms with Crippen LogP contribution in [0.5, 0.6) is 0 Å². The average Bonchev–Trinajstić information content (AvgIpc) is 2.07. The lowest BCUT2D eigenvalue weighted by molar-refractivity contribution is 0.305. The van der Waals surface area contributed by atoms with Crippen molar-refractivity contribution in [2.75, 3.05) is 5.32 Å². The molecule has 1 heterocycles. The molecule has 0 radical (unpaired) electrons. The fourth-order valence-electron chi connectivity index (χ4n) is 1.55. The summed E-state index contributed by atoms with van der Waals surface area (Å²) in [6.45, 7) is 2.03. The second-order valence-electron chi connectivity index (χ2n) is 3.89. The smallest absolute Gasteiger partial charge is 0.342 e. The van der Waals surface area contributed by atoms with Crippen LogP contribution in [-0.2, 0) is 0 Å². The molecule has 1 aliphatic rings. The van der Waals surface area contributed by atoms with Crippen molar-refractivity contribution in [3.63, 3.8) is 0 Å². The Bertz CT molecular complexity index is 443. The molecule has 1 aromatic rings. The Morgan fingerprint density at radius 3 is 2.64 bits per heavy atom. The molecule has 0 atom stereocenters. The van der Waals surface area contributed by atoms with E-state index in [2.05, 4.69) is 20.5 Å². The molecular weight excluding hydrogens is 184 g/mol. The second-order valence-corrected chi connectivity index (χ2v) is 3.89. The van der Waals surface area contributed by atoms with Gasteiger partial charge in [-0.1, -0.05) is 0 Å². The number of rotatable bonds is 2. The molecule has 0 aromatic carbocycles. The molecule has 0 aliphatic heterocycles. The molecule has 1 fully saturated rings. The lowest BCUT2D eigenvalue weighted by atomic mass is 9.78. The maximum absolute atomic E-state index is 11.3. The van der Waals surface area contributed by atoms with Crippen LogP contribution in [0, 0.1) is 0 Å². The largest absolute Gasteiger partial charge is 0.359 e. The Labute approximate surface area is 79.8 Å². The molecule has 1 saturated carbocycles. The molecule has 0 bridgehead atoms. The zero-order valence-corrected chi connectivity index (χ0v) is 7.89. The Balaban J connectivity index is 2.25. The van der Waals surface area contributed by atoms with Crippen LogP contribution < -0.4 is 16.6 Å². The van der Waals surface area contributed by atoms with Gasteiger partial charge in [-0.3, -0.25) is 9.78 Å². The third-order valence-electron chi connectivity index (χ3n) is 2.59. The van der Waals surface area contributed by atoms with Gasteiger partial charge in [0, 0.05) is 5.54 Å². The number of nitrogens with one attached hydrogen (secondary N) is 3. The highest BCUT2D eigenvalue weighted by Crippen LogP contribution is 2.33. The summed E-state index contributed by atoms with van der Waals surface area (Å²) < 4.78 is 0. The van der Waals surface area contributed by atoms with Crippen molar-refractivity contribution in [3.8, 4) is 0 Å². The van der Waals surface area contributed by atoms with Gasteiger partial charge >= 0.3 is 5.69 Å². The predicted octanol–water partition coefficient (Wildman–Crippen LogP) is -0.187. The van der Waals surface area contributed by atoms with Gasteiger partial charge in [0.15, 0.2) is 0 Å². The minimum absolute atomic E-state index is 0.0434. The van der Waals surface area contributed by atoms with Crippen LogP contribution in [-0.4, -0.2) is 20.7 Å². The van der Waals surface area contributed by atoms with Crippen molar-refractivity contribution < 1.29 is 0 Å². The van der Waals surface area contributed by atoms with E-state index in [1.54, 1.807) is 0 Å². The van der Waals surface area contributed by atoms with E-state index in [0.29, 0.717) is 0 Å². The van der Waals surface area contributed by atoms with Crippen LogP contribution in [0.1, 0.15) is 26.2 Å². The maximum Gasteiger partial charge on any atom is 0.342 e. The molecule has 2 rings (SSSR count). The van der Waals surface area contributed by atoms with Crippen molar-refractivity contribution in [2.45, 2.75) is 31.7 Å². The summed E-state index contributed by atoms with van der Waals surface area (Å²) in [5.74, 6) is 0.187. The average molecular weight is 196 g/mol. The van der Waals surface area contributed by atoms with Crippen LogP contribution in [0.15, 0.2) is 9.59 Å². The van der Waals surface area contributed by atoms with Gasteiger partial charge in [-0.25, -0.2) is 9.89 Å². The summed E-state index contributed by atoms with van der Waals surface area (Å²) in [5, 5.41) is 8.87. The number of nitrogens with zero attached hydrogens (tertiary/aromatic N) is 1. The van der Waals surface area contributed by atoms with E-state index in [-0.39, 0.29) is 11.4 Å². The monoisotopic (exact) mass is 196 g/mol. The Kier molecular flexibility index (Phi) is 1.90. The molecule has 6 heteroatoms. The maximum atomic E-state index is 11.3. The van der Waals surface area contributed by atoms with E-state index in [1.807, 2.05) is 6.92 Å². The molecule has 1 aliphatic carbocycles. The molecule has 0 amide bonds. The van der Waals surface area contributed by atoms with E-state index in [4.69, 9.17) is 0 Å². The van der Waals surface area contributed by atoms with Crippen molar-refractivity contribution in [2.24, 2.45) is 0 Å². The second kappa shape index (κ2) is 2.97. The SMILES string of the molecule is CC1(Nc2n[nH]c(=O)[nH]c2=O)CCC1. The molecular formula is C8H12N4O2. The van der Waals surface area contributed by atoms with Gasteiger partial charge in [-0.15, -0.1) is 5.10 Å². The number of anilines is 1. The van der Waals surface area contributed by atoms with E-state index in [0.717, 1.165) is 19.3 Å².